The lowest BCUT2D eigenvalue weighted by Gasteiger charge is -2.24. The van der Waals surface area contributed by atoms with E-state index >= 15 is 0 Å². The molecule has 0 aliphatic carbocycles. The van der Waals surface area contributed by atoms with Crippen LogP contribution in [0, 0.1) is 0 Å². The number of rotatable bonds is 4. The smallest absolute Gasteiger partial charge is 0.313 e. The zero-order valence-electron chi connectivity index (χ0n) is 9.03. The summed E-state index contributed by atoms with van der Waals surface area (Å²) in [4.78, 5) is 11.2. The molecule has 3 heteroatoms. The van der Waals surface area contributed by atoms with Crippen molar-refractivity contribution in [3.8, 4) is 5.75 Å². The number of benzene rings is 1. The third kappa shape index (κ3) is 2.29. The van der Waals surface area contributed by atoms with Crippen LogP contribution in [0.25, 0.3) is 0 Å². The molecule has 15 heavy (non-hydrogen) atoms. The van der Waals surface area contributed by atoms with Gasteiger partial charge in [-0.25, -0.2) is 0 Å². The maximum absolute atomic E-state index is 11.2. The lowest BCUT2D eigenvalue weighted by Crippen LogP contribution is -2.32. The summed E-state index contributed by atoms with van der Waals surface area (Å²) in [5, 5.41) is 18.6. The molecule has 2 N–H and O–H groups in total. The van der Waals surface area contributed by atoms with Crippen LogP contribution in [0.5, 0.6) is 5.75 Å². The van der Waals surface area contributed by atoms with Crippen LogP contribution >= 0.6 is 0 Å². The molecule has 1 unspecified atom stereocenters. The monoisotopic (exact) mass is 208 g/mol. The van der Waals surface area contributed by atoms with Gasteiger partial charge in [0.05, 0.1) is 5.41 Å². The van der Waals surface area contributed by atoms with Gasteiger partial charge in [0.1, 0.15) is 5.75 Å². The van der Waals surface area contributed by atoms with Crippen LogP contribution in [0.4, 0.5) is 0 Å². The lowest BCUT2D eigenvalue weighted by atomic mass is 9.79. The second kappa shape index (κ2) is 4.34. The van der Waals surface area contributed by atoms with Crippen molar-refractivity contribution in [2.45, 2.75) is 32.1 Å². The molecule has 1 rings (SSSR count). The van der Waals surface area contributed by atoms with Crippen molar-refractivity contribution in [1.82, 2.24) is 0 Å². The summed E-state index contributed by atoms with van der Waals surface area (Å²) in [5.74, 6) is -0.744. The van der Waals surface area contributed by atoms with Gasteiger partial charge in [0.2, 0.25) is 0 Å². The second-order valence-electron chi connectivity index (χ2n) is 3.94. The summed E-state index contributed by atoms with van der Waals surface area (Å²) in [6.45, 7) is 3.64. The highest BCUT2D eigenvalue weighted by Crippen LogP contribution is 2.31. The number of hydrogen-bond acceptors (Lipinski definition) is 2. The van der Waals surface area contributed by atoms with Gasteiger partial charge in [0, 0.05) is 0 Å². The van der Waals surface area contributed by atoms with Gasteiger partial charge in [0.25, 0.3) is 0 Å². The fourth-order valence-corrected chi connectivity index (χ4v) is 1.72. The predicted molar refractivity (Wildman–Crippen MR) is 58.0 cm³/mol. The van der Waals surface area contributed by atoms with Crippen LogP contribution in [0.1, 0.15) is 32.3 Å². The van der Waals surface area contributed by atoms with Gasteiger partial charge in [-0.1, -0.05) is 25.5 Å². The van der Waals surface area contributed by atoms with E-state index in [9.17, 15) is 15.0 Å². The predicted octanol–water partition coefficient (Wildman–Crippen LogP) is 2.53. The Hall–Kier alpha value is -1.51. The Labute approximate surface area is 89.4 Å². The Kier molecular flexibility index (Phi) is 3.35. The standard InChI is InChI=1S/C12H16O3/c1-3-7-12(2,11(14)15)9-5-4-6-10(13)8-9/h4-6,8,13H,3,7H2,1-2H3,(H,14,15). The number of phenols is 1. The van der Waals surface area contributed by atoms with Crippen LogP contribution in [-0.4, -0.2) is 16.2 Å². The van der Waals surface area contributed by atoms with Gasteiger partial charge in [-0.15, -0.1) is 0 Å². The van der Waals surface area contributed by atoms with Crippen molar-refractivity contribution >= 4 is 5.97 Å². The molecule has 1 aromatic rings. The summed E-state index contributed by atoms with van der Waals surface area (Å²) in [6, 6.07) is 6.46. The van der Waals surface area contributed by atoms with Crippen molar-refractivity contribution < 1.29 is 15.0 Å². The average Bonchev–Trinajstić information content (AvgIpc) is 2.17. The van der Waals surface area contributed by atoms with Gasteiger partial charge in [-0.2, -0.15) is 0 Å². The molecule has 0 saturated carbocycles. The minimum absolute atomic E-state index is 0.107. The van der Waals surface area contributed by atoms with Crippen molar-refractivity contribution in [2.24, 2.45) is 0 Å². The molecule has 0 bridgehead atoms. The molecular weight excluding hydrogens is 192 g/mol. The van der Waals surface area contributed by atoms with E-state index in [-0.39, 0.29) is 5.75 Å². The van der Waals surface area contributed by atoms with Crippen molar-refractivity contribution in [1.29, 1.82) is 0 Å². The van der Waals surface area contributed by atoms with Gasteiger partial charge >= 0.3 is 5.97 Å². The second-order valence-corrected chi connectivity index (χ2v) is 3.94. The first-order chi connectivity index (χ1) is 7.00. The molecule has 0 aliphatic rings. The highest BCUT2D eigenvalue weighted by atomic mass is 16.4. The Balaban J connectivity index is 3.15. The summed E-state index contributed by atoms with van der Waals surface area (Å²) < 4.78 is 0. The molecule has 0 amide bonds. The van der Waals surface area contributed by atoms with Crippen molar-refractivity contribution in [3.63, 3.8) is 0 Å². The van der Waals surface area contributed by atoms with E-state index in [4.69, 9.17) is 0 Å². The highest BCUT2D eigenvalue weighted by Gasteiger charge is 2.34. The lowest BCUT2D eigenvalue weighted by molar-refractivity contribution is -0.143. The number of phenolic OH excluding ortho intramolecular Hbond substituents is 1. The average molecular weight is 208 g/mol. The number of carboxylic acids is 1. The van der Waals surface area contributed by atoms with Crippen molar-refractivity contribution in [2.75, 3.05) is 0 Å². The highest BCUT2D eigenvalue weighted by molar-refractivity contribution is 5.80. The fraction of sp³-hybridized carbons (Fsp3) is 0.417. The minimum atomic E-state index is -0.909. The van der Waals surface area contributed by atoms with E-state index in [1.54, 1.807) is 19.1 Å². The molecule has 0 heterocycles. The molecule has 3 nitrogen and oxygen atoms in total. The Morgan fingerprint density at radius 1 is 1.47 bits per heavy atom. The topological polar surface area (TPSA) is 57.5 Å². The number of aliphatic carboxylic acids is 1. The van der Waals surface area contributed by atoms with Gasteiger partial charge in [-0.05, 0) is 31.0 Å². The maximum atomic E-state index is 11.2. The van der Waals surface area contributed by atoms with Crippen LogP contribution < -0.4 is 0 Å². The quantitative estimate of drug-likeness (QED) is 0.799. The molecule has 0 saturated heterocycles. The minimum Gasteiger partial charge on any atom is -0.508 e. The first-order valence-electron chi connectivity index (χ1n) is 5.03. The molecule has 0 aliphatic heterocycles. The molecule has 1 atom stereocenters. The summed E-state index contributed by atoms with van der Waals surface area (Å²) in [6.07, 6.45) is 1.35. The first-order valence-corrected chi connectivity index (χ1v) is 5.03. The molecule has 1 aromatic carbocycles. The summed E-state index contributed by atoms with van der Waals surface area (Å²) in [5.41, 5.74) is -0.259. The van der Waals surface area contributed by atoms with E-state index < -0.39 is 11.4 Å². The molecule has 0 radical (unpaired) electrons. The third-order valence-electron chi connectivity index (χ3n) is 2.71. The normalized spacial score (nSPS) is 14.5. The van der Waals surface area contributed by atoms with Crippen LogP contribution in [0.15, 0.2) is 24.3 Å². The van der Waals surface area contributed by atoms with Gasteiger partial charge in [-0.3, -0.25) is 4.79 Å². The number of carboxylic acid groups (broad SMARTS) is 1. The Morgan fingerprint density at radius 3 is 2.60 bits per heavy atom. The van der Waals surface area contributed by atoms with Crippen LogP contribution in [-0.2, 0) is 10.2 Å². The number of aromatic hydroxyl groups is 1. The van der Waals surface area contributed by atoms with Crippen LogP contribution in [0.2, 0.25) is 0 Å². The van der Waals surface area contributed by atoms with E-state index in [2.05, 4.69) is 0 Å². The maximum Gasteiger partial charge on any atom is 0.313 e. The van der Waals surface area contributed by atoms with Crippen molar-refractivity contribution in [3.05, 3.63) is 29.8 Å². The molecule has 0 aromatic heterocycles. The van der Waals surface area contributed by atoms with Crippen LogP contribution in [0.3, 0.4) is 0 Å². The SMILES string of the molecule is CCCC(C)(C(=O)O)c1cccc(O)c1. The fourth-order valence-electron chi connectivity index (χ4n) is 1.72. The molecule has 82 valence electrons. The number of hydrogen-bond donors (Lipinski definition) is 2. The van der Waals surface area contributed by atoms with E-state index in [1.807, 2.05) is 6.92 Å². The molecular formula is C12H16O3. The van der Waals surface area contributed by atoms with E-state index in [0.29, 0.717) is 12.0 Å². The van der Waals surface area contributed by atoms with Gasteiger partial charge < -0.3 is 10.2 Å². The number of carbonyl (C=O) groups is 1. The van der Waals surface area contributed by atoms with E-state index in [0.717, 1.165) is 6.42 Å². The largest absolute Gasteiger partial charge is 0.508 e. The van der Waals surface area contributed by atoms with Gasteiger partial charge in [0.15, 0.2) is 0 Å². The Bertz CT molecular complexity index is 360. The Morgan fingerprint density at radius 2 is 2.13 bits per heavy atom. The zero-order valence-corrected chi connectivity index (χ0v) is 9.03. The molecule has 0 fully saturated rings. The summed E-state index contributed by atoms with van der Waals surface area (Å²) >= 11 is 0. The zero-order chi connectivity index (χ0) is 11.5. The first kappa shape index (κ1) is 11.6. The summed E-state index contributed by atoms with van der Waals surface area (Å²) in [7, 11) is 0. The third-order valence-corrected chi connectivity index (χ3v) is 2.71. The van der Waals surface area contributed by atoms with E-state index in [1.165, 1.54) is 12.1 Å². The molecule has 0 spiro atoms.